The summed E-state index contributed by atoms with van der Waals surface area (Å²) >= 11 is 0. The topological polar surface area (TPSA) is 78.2 Å². The van der Waals surface area contributed by atoms with Crippen molar-refractivity contribution in [2.75, 3.05) is 13.1 Å². The first-order valence-electron chi connectivity index (χ1n) is 9.33. The van der Waals surface area contributed by atoms with E-state index in [4.69, 9.17) is 10.00 Å². The third kappa shape index (κ3) is 3.64. The first kappa shape index (κ1) is 17.5. The lowest BCUT2D eigenvalue weighted by Gasteiger charge is -2.49. The normalized spacial score (nSPS) is 26.2. The van der Waals surface area contributed by atoms with E-state index in [0.29, 0.717) is 34.7 Å². The third-order valence-corrected chi connectivity index (χ3v) is 5.68. The largest absolute Gasteiger partial charge is 0.456 e. The summed E-state index contributed by atoms with van der Waals surface area (Å²) in [5, 5.41) is 12.0. The Morgan fingerprint density at radius 1 is 1.19 bits per heavy atom. The first-order valence-corrected chi connectivity index (χ1v) is 9.33. The van der Waals surface area contributed by atoms with Gasteiger partial charge in [-0.05, 0) is 75.2 Å². The van der Waals surface area contributed by atoms with E-state index in [1.54, 1.807) is 36.4 Å². The lowest BCUT2D eigenvalue weighted by Crippen LogP contribution is -2.62. The van der Waals surface area contributed by atoms with Crippen molar-refractivity contribution < 1.29 is 9.53 Å². The van der Waals surface area contributed by atoms with Gasteiger partial charge < -0.3 is 10.1 Å². The lowest BCUT2D eigenvalue weighted by atomic mass is 9.79. The SMILES string of the molecule is CC1C(NC(=O)c2ccc(Oc3ccc(C#N)nc3)cc2)C2CCN1CC2. The zero-order chi connectivity index (χ0) is 18.8. The molecule has 6 heteroatoms. The highest BCUT2D eigenvalue weighted by Crippen LogP contribution is 2.32. The number of nitrogens with zero attached hydrogens (tertiary/aromatic N) is 3. The second-order valence-corrected chi connectivity index (χ2v) is 7.23. The van der Waals surface area contributed by atoms with E-state index >= 15 is 0 Å². The molecule has 0 radical (unpaired) electrons. The predicted molar refractivity (Wildman–Crippen MR) is 100 cm³/mol. The number of rotatable bonds is 4. The van der Waals surface area contributed by atoms with Crippen LogP contribution in [0.25, 0.3) is 0 Å². The van der Waals surface area contributed by atoms with Crippen LogP contribution in [0.4, 0.5) is 0 Å². The summed E-state index contributed by atoms with van der Waals surface area (Å²) in [7, 11) is 0. The van der Waals surface area contributed by atoms with Crippen LogP contribution in [-0.2, 0) is 0 Å². The van der Waals surface area contributed by atoms with Crippen LogP contribution in [0, 0.1) is 17.2 Å². The molecule has 0 spiro atoms. The van der Waals surface area contributed by atoms with Gasteiger partial charge in [0.2, 0.25) is 0 Å². The number of nitrogens with one attached hydrogen (secondary N) is 1. The van der Waals surface area contributed by atoms with E-state index in [0.717, 1.165) is 13.1 Å². The minimum Gasteiger partial charge on any atom is -0.456 e. The van der Waals surface area contributed by atoms with Crippen molar-refractivity contribution in [1.29, 1.82) is 5.26 Å². The molecule has 4 heterocycles. The van der Waals surface area contributed by atoms with Crippen molar-refractivity contribution in [3.05, 3.63) is 53.9 Å². The monoisotopic (exact) mass is 362 g/mol. The molecule has 6 nitrogen and oxygen atoms in total. The zero-order valence-corrected chi connectivity index (χ0v) is 15.3. The van der Waals surface area contributed by atoms with Gasteiger partial charge in [0.15, 0.2) is 0 Å². The number of hydrogen-bond acceptors (Lipinski definition) is 5. The number of aromatic nitrogens is 1. The highest BCUT2D eigenvalue weighted by Gasteiger charge is 2.40. The minimum absolute atomic E-state index is 0.0350. The molecule has 3 aliphatic heterocycles. The average Bonchev–Trinajstić information content (AvgIpc) is 2.72. The summed E-state index contributed by atoms with van der Waals surface area (Å²) in [5.41, 5.74) is 0.972. The van der Waals surface area contributed by atoms with Crippen LogP contribution in [0.5, 0.6) is 11.5 Å². The number of carbonyl (C=O) groups is 1. The van der Waals surface area contributed by atoms with E-state index in [2.05, 4.69) is 22.1 Å². The number of amides is 1. The van der Waals surface area contributed by atoms with Gasteiger partial charge in [-0.1, -0.05) is 0 Å². The van der Waals surface area contributed by atoms with Crippen LogP contribution in [0.15, 0.2) is 42.6 Å². The minimum atomic E-state index is -0.0350. The second-order valence-electron chi connectivity index (χ2n) is 7.23. The number of piperidine rings is 3. The standard InChI is InChI=1S/C21H22N4O2/c1-14-20(15-8-10-25(14)11-9-15)24-21(26)16-2-5-18(6-3-16)27-19-7-4-17(12-22)23-13-19/h2-7,13-15,20H,8-11H2,1H3,(H,24,26). The van der Waals surface area contributed by atoms with Gasteiger partial charge in [-0.2, -0.15) is 5.26 Å². The predicted octanol–water partition coefficient (Wildman–Crippen LogP) is 2.96. The molecular formula is C21H22N4O2. The van der Waals surface area contributed by atoms with Gasteiger partial charge in [-0.3, -0.25) is 9.69 Å². The van der Waals surface area contributed by atoms with Crippen LogP contribution in [0.1, 0.15) is 35.8 Å². The molecule has 1 aromatic carbocycles. The molecule has 3 fully saturated rings. The van der Waals surface area contributed by atoms with Gasteiger partial charge in [-0.15, -0.1) is 0 Å². The van der Waals surface area contributed by atoms with Gasteiger partial charge in [-0.25, -0.2) is 4.98 Å². The first-order chi connectivity index (χ1) is 13.1. The molecule has 138 valence electrons. The number of pyridine rings is 1. The average molecular weight is 362 g/mol. The van der Waals surface area contributed by atoms with Gasteiger partial charge in [0.1, 0.15) is 23.3 Å². The lowest BCUT2D eigenvalue weighted by molar-refractivity contribution is 0.0217. The number of fused-ring (bicyclic) bond motifs is 3. The summed E-state index contributed by atoms with van der Waals surface area (Å²) in [6.45, 7) is 4.50. The number of ether oxygens (including phenoxy) is 1. The summed E-state index contributed by atoms with van der Waals surface area (Å²) in [6.07, 6.45) is 3.84. The maximum Gasteiger partial charge on any atom is 0.251 e. The van der Waals surface area contributed by atoms with E-state index in [1.807, 2.05) is 6.07 Å². The van der Waals surface area contributed by atoms with Crippen molar-refractivity contribution in [3.8, 4) is 17.6 Å². The molecule has 0 aliphatic carbocycles. The summed E-state index contributed by atoms with van der Waals surface area (Å²) in [5.74, 6) is 1.72. The fourth-order valence-corrected chi connectivity index (χ4v) is 4.10. The number of carbonyl (C=O) groups excluding carboxylic acids is 1. The highest BCUT2D eigenvalue weighted by molar-refractivity contribution is 5.94. The Kier molecular flexibility index (Phi) is 4.78. The molecule has 3 aliphatic rings. The Hall–Kier alpha value is -2.91. The molecule has 1 amide bonds. The van der Waals surface area contributed by atoms with Crippen molar-refractivity contribution in [2.24, 2.45) is 5.92 Å². The Bertz CT molecular complexity index is 847. The molecule has 1 aromatic heterocycles. The van der Waals surface area contributed by atoms with Crippen LogP contribution < -0.4 is 10.1 Å². The third-order valence-electron chi connectivity index (χ3n) is 5.68. The number of nitriles is 1. The maximum atomic E-state index is 12.7. The van der Waals surface area contributed by atoms with E-state index in [9.17, 15) is 4.79 Å². The molecule has 3 saturated heterocycles. The smallest absolute Gasteiger partial charge is 0.251 e. The van der Waals surface area contributed by atoms with E-state index < -0.39 is 0 Å². The van der Waals surface area contributed by atoms with Crippen molar-refractivity contribution >= 4 is 5.91 Å². The molecular weight excluding hydrogens is 340 g/mol. The fraction of sp³-hybridized carbons (Fsp3) is 0.381. The maximum absolute atomic E-state index is 12.7. The van der Waals surface area contributed by atoms with Crippen LogP contribution >= 0.6 is 0 Å². The Morgan fingerprint density at radius 3 is 2.48 bits per heavy atom. The van der Waals surface area contributed by atoms with Gasteiger partial charge >= 0.3 is 0 Å². The van der Waals surface area contributed by atoms with E-state index in [-0.39, 0.29) is 11.9 Å². The molecule has 2 unspecified atom stereocenters. The van der Waals surface area contributed by atoms with Gasteiger partial charge in [0, 0.05) is 17.6 Å². The second kappa shape index (κ2) is 7.37. The summed E-state index contributed by atoms with van der Waals surface area (Å²) < 4.78 is 5.71. The molecule has 2 bridgehead atoms. The molecule has 1 N–H and O–H groups in total. The Balaban J connectivity index is 1.39. The zero-order valence-electron chi connectivity index (χ0n) is 15.3. The molecule has 0 saturated carbocycles. The fourth-order valence-electron chi connectivity index (χ4n) is 4.10. The van der Waals surface area contributed by atoms with Crippen LogP contribution in [0.2, 0.25) is 0 Å². The van der Waals surface area contributed by atoms with Gasteiger partial charge in [0.25, 0.3) is 5.91 Å². The quantitative estimate of drug-likeness (QED) is 0.905. The van der Waals surface area contributed by atoms with Crippen molar-refractivity contribution in [3.63, 3.8) is 0 Å². The summed E-state index contributed by atoms with van der Waals surface area (Å²) in [4.78, 5) is 19.1. The van der Waals surface area contributed by atoms with Crippen LogP contribution in [0.3, 0.4) is 0 Å². The molecule has 27 heavy (non-hydrogen) atoms. The van der Waals surface area contributed by atoms with Crippen molar-refractivity contribution in [1.82, 2.24) is 15.2 Å². The number of hydrogen-bond donors (Lipinski definition) is 1. The number of benzene rings is 1. The molecule has 5 rings (SSSR count). The molecule has 2 aromatic rings. The Labute approximate surface area is 158 Å². The van der Waals surface area contributed by atoms with E-state index in [1.165, 1.54) is 19.0 Å². The van der Waals surface area contributed by atoms with Gasteiger partial charge in [0.05, 0.1) is 6.20 Å². The van der Waals surface area contributed by atoms with Crippen LogP contribution in [-0.4, -0.2) is 41.0 Å². The molecule has 2 atom stereocenters. The Morgan fingerprint density at radius 2 is 1.89 bits per heavy atom. The summed E-state index contributed by atoms with van der Waals surface area (Å²) in [6, 6.07) is 13.0. The highest BCUT2D eigenvalue weighted by atomic mass is 16.5. The van der Waals surface area contributed by atoms with Crippen molar-refractivity contribution in [2.45, 2.75) is 31.8 Å².